The van der Waals surface area contributed by atoms with Crippen LogP contribution in [-0.4, -0.2) is 11.5 Å². The van der Waals surface area contributed by atoms with Gasteiger partial charge >= 0.3 is 0 Å². The van der Waals surface area contributed by atoms with Crippen LogP contribution in [0.25, 0.3) is 0 Å². The Labute approximate surface area is 111 Å². The number of hydrogen-bond donors (Lipinski definition) is 1. The largest absolute Gasteiger partial charge is 0.305 e. The lowest BCUT2D eigenvalue weighted by Gasteiger charge is -2.19. The van der Waals surface area contributed by atoms with Crippen molar-refractivity contribution in [3.05, 3.63) is 65.0 Å². The molecule has 19 heavy (non-hydrogen) atoms. The quantitative estimate of drug-likeness (QED) is 0.913. The SMILES string of the molecule is CCNC(c1cc(C)cc(F)c1)c1ncccc1F. The molecule has 1 atom stereocenters. The van der Waals surface area contributed by atoms with Gasteiger partial charge in [-0.3, -0.25) is 4.98 Å². The normalized spacial score (nSPS) is 12.4. The van der Waals surface area contributed by atoms with Gasteiger partial charge in [-0.1, -0.05) is 13.0 Å². The van der Waals surface area contributed by atoms with Gasteiger partial charge in [0.1, 0.15) is 11.6 Å². The average Bonchev–Trinajstić information content (AvgIpc) is 2.36. The highest BCUT2D eigenvalue weighted by atomic mass is 19.1. The minimum absolute atomic E-state index is 0.286. The first-order chi connectivity index (χ1) is 9.11. The molecule has 0 aliphatic rings. The highest BCUT2D eigenvalue weighted by Crippen LogP contribution is 2.24. The van der Waals surface area contributed by atoms with Crippen molar-refractivity contribution in [1.82, 2.24) is 10.3 Å². The molecule has 0 bridgehead atoms. The Kier molecular flexibility index (Phi) is 4.22. The number of rotatable bonds is 4. The fourth-order valence-electron chi connectivity index (χ4n) is 2.12. The number of hydrogen-bond acceptors (Lipinski definition) is 2. The van der Waals surface area contributed by atoms with Gasteiger partial charge in [-0.25, -0.2) is 8.78 Å². The Balaban J connectivity index is 2.48. The molecule has 2 rings (SSSR count). The highest BCUT2D eigenvalue weighted by Gasteiger charge is 2.19. The third-order valence-corrected chi connectivity index (χ3v) is 2.87. The van der Waals surface area contributed by atoms with Crippen molar-refractivity contribution in [2.45, 2.75) is 19.9 Å². The summed E-state index contributed by atoms with van der Waals surface area (Å²) in [6.45, 7) is 4.36. The van der Waals surface area contributed by atoms with Crippen LogP contribution >= 0.6 is 0 Å². The molecule has 0 amide bonds. The van der Waals surface area contributed by atoms with Crippen LogP contribution in [-0.2, 0) is 0 Å². The van der Waals surface area contributed by atoms with Crippen LogP contribution in [0.2, 0.25) is 0 Å². The molecule has 0 aliphatic carbocycles. The minimum atomic E-state index is -0.444. The summed E-state index contributed by atoms with van der Waals surface area (Å²) in [4.78, 5) is 4.07. The number of pyridine rings is 1. The molecule has 1 unspecified atom stereocenters. The van der Waals surface area contributed by atoms with E-state index in [1.807, 2.05) is 19.9 Å². The molecule has 1 heterocycles. The van der Waals surface area contributed by atoms with Gasteiger partial charge < -0.3 is 5.32 Å². The smallest absolute Gasteiger partial charge is 0.146 e. The standard InChI is InChI=1S/C15H16F2N2/c1-3-18-14(15-13(17)5-4-6-19-15)11-7-10(2)8-12(16)9-11/h4-9,14,18H,3H2,1-2H3. The van der Waals surface area contributed by atoms with Gasteiger partial charge in [-0.15, -0.1) is 0 Å². The Morgan fingerprint density at radius 3 is 2.68 bits per heavy atom. The zero-order valence-corrected chi connectivity index (χ0v) is 11.0. The van der Waals surface area contributed by atoms with Crippen molar-refractivity contribution >= 4 is 0 Å². The lowest BCUT2D eigenvalue weighted by atomic mass is 10.0. The van der Waals surface area contributed by atoms with Crippen molar-refractivity contribution in [3.8, 4) is 0 Å². The average molecular weight is 262 g/mol. The highest BCUT2D eigenvalue weighted by molar-refractivity contribution is 5.32. The number of halogens is 2. The van der Waals surface area contributed by atoms with Crippen LogP contribution in [0, 0.1) is 18.6 Å². The second kappa shape index (κ2) is 5.89. The van der Waals surface area contributed by atoms with Crippen LogP contribution < -0.4 is 5.32 Å². The van der Waals surface area contributed by atoms with E-state index in [1.54, 1.807) is 6.07 Å². The maximum Gasteiger partial charge on any atom is 0.146 e. The summed E-state index contributed by atoms with van der Waals surface area (Å²) in [7, 11) is 0. The molecule has 1 aromatic heterocycles. The topological polar surface area (TPSA) is 24.9 Å². The van der Waals surface area contributed by atoms with Gasteiger partial charge in [0, 0.05) is 6.20 Å². The Hall–Kier alpha value is -1.81. The molecule has 0 saturated carbocycles. The van der Waals surface area contributed by atoms with Crippen LogP contribution in [0.5, 0.6) is 0 Å². The van der Waals surface area contributed by atoms with E-state index >= 15 is 0 Å². The Morgan fingerprint density at radius 1 is 1.26 bits per heavy atom. The lowest BCUT2D eigenvalue weighted by Crippen LogP contribution is -2.24. The zero-order valence-electron chi connectivity index (χ0n) is 11.0. The molecule has 0 saturated heterocycles. The molecule has 0 radical (unpaired) electrons. The Bertz CT molecular complexity index is 550. The van der Waals surface area contributed by atoms with E-state index in [9.17, 15) is 8.78 Å². The van der Waals surface area contributed by atoms with Gasteiger partial charge in [0.25, 0.3) is 0 Å². The molecule has 2 nitrogen and oxygen atoms in total. The van der Waals surface area contributed by atoms with Gasteiger partial charge in [-0.2, -0.15) is 0 Å². The molecule has 2 aromatic rings. The number of nitrogens with zero attached hydrogens (tertiary/aromatic N) is 1. The molecular weight excluding hydrogens is 246 g/mol. The number of aryl methyl sites for hydroxylation is 1. The first-order valence-electron chi connectivity index (χ1n) is 6.22. The number of aromatic nitrogens is 1. The van der Waals surface area contributed by atoms with Crippen LogP contribution in [0.3, 0.4) is 0 Å². The second-order valence-electron chi connectivity index (χ2n) is 4.42. The monoisotopic (exact) mass is 262 g/mol. The van der Waals surface area contributed by atoms with E-state index in [0.29, 0.717) is 12.1 Å². The Morgan fingerprint density at radius 2 is 2.05 bits per heavy atom. The molecule has 0 spiro atoms. The molecule has 1 N–H and O–H groups in total. The van der Waals surface area contributed by atoms with Crippen molar-refractivity contribution in [1.29, 1.82) is 0 Å². The first kappa shape index (κ1) is 13.6. The second-order valence-corrected chi connectivity index (χ2v) is 4.42. The molecule has 1 aromatic carbocycles. The van der Waals surface area contributed by atoms with E-state index in [4.69, 9.17) is 0 Å². The summed E-state index contributed by atoms with van der Waals surface area (Å²) in [5, 5.41) is 3.14. The zero-order chi connectivity index (χ0) is 13.8. The fraction of sp³-hybridized carbons (Fsp3) is 0.267. The van der Waals surface area contributed by atoms with E-state index in [0.717, 1.165) is 5.56 Å². The predicted octanol–water partition coefficient (Wildman–Crippen LogP) is 3.37. The van der Waals surface area contributed by atoms with Crippen molar-refractivity contribution in [3.63, 3.8) is 0 Å². The molecule has 0 fully saturated rings. The maximum atomic E-state index is 13.9. The van der Waals surface area contributed by atoms with Gasteiger partial charge in [-0.05, 0) is 48.9 Å². The fourth-order valence-corrected chi connectivity index (χ4v) is 2.12. The van der Waals surface area contributed by atoms with Gasteiger partial charge in [0.2, 0.25) is 0 Å². The van der Waals surface area contributed by atoms with Crippen molar-refractivity contribution in [2.24, 2.45) is 0 Å². The van der Waals surface area contributed by atoms with E-state index in [1.165, 1.54) is 24.4 Å². The third-order valence-electron chi connectivity index (χ3n) is 2.87. The summed E-state index contributed by atoms with van der Waals surface area (Å²) >= 11 is 0. The van der Waals surface area contributed by atoms with Gasteiger partial charge in [0.05, 0.1) is 11.7 Å². The number of nitrogens with one attached hydrogen (secondary N) is 1. The van der Waals surface area contributed by atoms with Crippen LogP contribution in [0.1, 0.15) is 29.8 Å². The summed E-state index contributed by atoms with van der Waals surface area (Å²) in [5.74, 6) is -0.718. The van der Waals surface area contributed by atoms with E-state index in [-0.39, 0.29) is 11.5 Å². The van der Waals surface area contributed by atoms with Crippen LogP contribution in [0.15, 0.2) is 36.5 Å². The first-order valence-corrected chi connectivity index (χ1v) is 6.22. The van der Waals surface area contributed by atoms with E-state index < -0.39 is 11.9 Å². The van der Waals surface area contributed by atoms with Crippen molar-refractivity contribution in [2.75, 3.05) is 6.54 Å². The van der Waals surface area contributed by atoms with E-state index in [2.05, 4.69) is 10.3 Å². The third kappa shape index (κ3) is 3.15. The summed E-state index contributed by atoms with van der Waals surface area (Å²) in [5.41, 5.74) is 1.76. The lowest BCUT2D eigenvalue weighted by molar-refractivity contribution is 0.539. The maximum absolute atomic E-state index is 13.9. The summed E-state index contributed by atoms with van der Waals surface area (Å²) in [6.07, 6.45) is 1.54. The summed E-state index contributed by atoms with van der Waals surface area (Å²) < 4.78 is 27.4. The molecular formula is C15H16F2N2. The van der Waals surface area contributed by atoms with Gasteiger partial charge in [0.15, 0.2) is 0 Å². The number of benzene rings is 1. The minimum Gasteiger partial charge on any atom is -0.305 e. The van der Waals surface area contributed by atoms with Crippen molar-refractivity contribution < 1.29 is 8.78 Å². The molecule has 100 valence electrons. The molecule has 4 heteroatoms. The molecule has 0 aliphatic heterocycles. The summed E-state index contributed by atoms with van der Waals surface area (Å²) in [6, 6.07) is 7.15. The van der Waals surface area contributed by atoms with Crippen LogP contribution in [0.4, 0.5) is 8.78 Å². The predicted molar refractivity (Wildman–Crippen MR) is 70.9 cm³/mol.